The number of nitrogens with zero attached hydrogens (tertiary/aromatic N) is 3. The zero-order valence-corrected chi connectivity index (χ0v) is 18.3. The second-order valence-corrected chi connectivity index (χ2v) is 9.72. The van der Waals surface area contributed by atoms with E-state index in [1.54, 1.807) is 0 Å². The summed E-state index contributed by atoms with van der Waals surface area (Å²) in [6.07, 6.45) is 3.32. The van der Waals surface area contributed by atoms with Crippen LogP contribution in [0.4, 0.5) is 11.4 Å². The summed E-state index contributed by atoms with van der Waals surface area (Å²) in [5.74, 6) is 1.44. The minimum atomic E-state index is -0.194. The number of rotatable bonds is 5. The van der Waals surface area contributed by atoms with Crippen LogP contribution in [0.1, 0.15) is 39.3 Å². The zero-order valence-electron chi connectivity index (χ0n) is 17.5. The van der Waals surface area contributed by atoms with Crippen molar-refractivity contribution >= 4 is 38.8 Å². The molecule has 3 N–H and O–H groups in total. The molecule has 0 atom stereocenters. The number of amides is 1. The highest BCUT2D eigenvalue weighted by Crippen LogP contribution is 2.41. The summed E-state index contributed by atoms with van der Waals surface area (Å²) in [6, 6.07) is 12.3. The summed E-state index contributed by atoms with van der Waals surface area (Å²) in [4.78, 5) is 20.8. The number of pyridine rings is 1. The number of nitrogens with one attached hydrogen (secondary N) is 1. The van der Waals surface area contributed by atoms with Gasteiger partial charge in [-0.05, 0) is 67.9 Å². The molecule has 6 rings (SSSR count). The van der Waals surface area contributed by atoms with Gasteiger partial charge < -0.3 is 16.0 Å². The number of carbonyl (C=O) groups excluding carboxylic acids is 1. The average molecular weight is 432 g/mol. The Bertz CT molecular complexity index is 1190. The van der Waals surface area contributed by atoms with E-state index in [2.05, 4.69) is 27.3 Å². The van der Waals surface area contributed by atoms with Crippen LogP contribution in [-0.4, -0.2) is 30.5 Å². The normalized spacial score (nSPS) is 19.7. The largest absolute Gasteiger partial charge is 0.397 e. The number of hydrogen-bond donors (Lipinski definition) is 2. The molecule has 0 spiro atoms. The Labute approximate surface area is 185 Å². The maximum absolute atomic E-state index is 12.7. The summed E-state index contributed by atoms with van der Waals surface area (Å²) in [5, 5.41) is 13.4. The van der Waals surface area contributed by atoms with Crippen LogP contribution in [0.15, 0.2) is 30.3 Å². The van der Waals surface area contributed by atoms with Crippen LogP contribution in [0, 0.1) is 30.1 Å². The molecule has 1 aliphatic carbocycles. The predicted molar refractivity (Wildman–Crippen MR) is 124 cm³/mol. The lowest BCUT2D eigenvalue weighted by Gasteiger charge is -2.48. The molecular formula is C24H25N5OS. The Morgan fingerprint density at radius 1 is 1.29 bits per heavy atom. The quantitative estimate of drug-likeness (QED) is 0.639. The lowest BCUT2D eigenvalue weighted by molar-refractivity contribution is 0.0959. The highest BCUT2D eigenvalue weighted by molar-refractivity contribution is 7.21. The van der Waals surface area contributed by atoms with Crippen LogP contribution in [0.25, 0.3) is 10.2 Å². The first-order valence-electron chi connectivity index (χ1n) is 10.7. The molecule has 4 heterocycles. The van der Waals surface area contributed by atoms with Crippen LogP contribution in [-0.2, 0) is 6.42 Å². The number of carbonyl (C=O) groups is 1. The van der Waals surface area contributed by atoms with Gasteiger partial charge in [-0.2, -0.15) is 5.26 Å². The van der Waals surface area contributed by atoms with Crippen molar-refractivity contribution in [3.63, 3.8) is 0 Å². The van der Waals surface area contributed by atoms with Gasteiger partial charge in [0.25, 0.3) is 5.91 Å². The van der Waals surface area contributed by atoms with E-state index < -0.39 is 0 Å². The lowest BCUT2D eigenvalue weighted by atomic mass is 9.71. The number of nitriles is 1. The van der Waals surface area contributed by atoms with Gasteiger partial charge >= 0.3 is 0 Å². The van der Waals surface area contributed by atoms with Gasteiger partial charge in [0.15, 0.2) is 0 Å². The van der Waals surface area contributed by atoms with Gasteiger partial charge in [0.2, 0.25) is 0 Å². The number of nitrogens with two attached hydrogens (primary N) is 1. The molecule has 7 heteroatoms. The summed E-state index contributed by atoms with van der Waals surface area (Å²) >= 11 is 1.32. The van der Waals surface area contributed by atoms with Gasteiger partial charge in [-0.15, -0.1) is 11.3 Å². The van der Waals surface area contributed by atoms with E-state index in [0.717, 1.165) is 52.1 Å². The first-order chi connectivity index (χ1) is 15.0. The van der Waals surface area contributed by atoms with Gasteiger partial charge in [0.05, 0.1) is 17.3 Å². The summed E-state index contributed by atoms with van der Waals surface area (Å²) in [6.45, 7) is 4.56. The van der Waals surface area contributed by atoms with Gasteiger partial charge in [-0.3, -0.25) is 4.79 Å². The first kappa shape index (κ1) is 19.8. The summed E-state index contributed by atoms with van der Waals surface area (Å²) in [7, 11) is 0. The molecule has 2 bridgehead atoms. The Hall–Kier alpha value is -3.11. The minimum Gasteiger partial charge on any atom is -0.397 e. The molecular weight excluding hydrogens is 406 g/mol. The predicted octanol–water partition coefficient (Wildman–Crippen LogP) is 3.88. The number of nitrogen functional groups attached to an aromatic ring is 1. The van der Waals surface area contributed by atoms with Crippen LogP contribution < -0.4 is 16.0 Å². The fraction of sp³-hybridized carbons (Fsp3) is 0.375. The molecule has 158 valence electrons. The zero-order chi connectivity index (χ0) is 21.5. The Kier molecular flexibility index (Phi) is 5.03. The van der Waals surface area contributed by atoms with Crippen molar-refractivity contribution in [3.8, 4) is 6.07 Å². The van der Waals surface area contributed by atoms with Crippen LogP contribution in [0.2, 0.25) is 0 Å². The minimum absolute atomic E-state index is 0.194. The number of benzene rings is 1. The van der Waals surface area contributed by atoms with E-state index >= 15 is 0 Å². The third kappa shape index (κ3) is 3.72. The van der Waals surface area contributed by atoms with E-state index in [-0.39, 0.29) is 5.91 Å². The molecule has 3 aromatic rings. The maximum atomic E-state index is 12.7. The highest BCUT2D eigenvalue weighted by atomic mass is 32.1. The van der Waals surface area contributed by atoms with E-state index in [4.69, 9.17) is 5.73 Å². The standard InChI is InChI=1S/C24H25N5OS/c1-14-2-5-20-21(26)22(31-24(20)28-14)23(30)27-7-6-17-3-4-19(10-18(17)11-25)29-12-15-8-16(9-15)13-29/h2-5,10,15-16H,6-9,12-13,26H2,1H3,(H,27,30). The molecule has 3 aliphatic rings. The van der Waals surface area contributed by atoms with Crippen LogP contribution in [0.3, 0.4) is 0 Å². The molecule has 2 saturated heterocycles. The summed E-state index contributed by atoms with van der Waals surface area (Å²) < 4.78 is 0. The van der Waals surface area contributed by atoms with Crippen LogP contribution >= 0.6 is 11.3 Å². The van der Waals surface area contributed by atoms with E-state index in [1.165, 1.54) is 24.2 Å². The molecule has 0 unspecified atom stereocenters. The molecule has 2 aromatic heterocycles. The smallest absolute Gasteiger partial charge is 0.263 e. The number of hydrogen-bond acceptors (Lipinski definition) is 6. The number of thiophene rings is 1. The third-order valence-electron chi connectivity index (χ3n) is 6.49. The van der Waals surface area contributed by atoms with Crippen LogP contribution in [0.5, 0.6) is 0 Å². The SMILES string of the molecule is Cc1ccc2c(N)c(C(=O)NCCc3ccc(N4CC5CC(C5)C4)cc3C#N)sc2n1. The van der Waals surface area contributed by atoms with E-state index in [0.29, 0.717) is 29.1 Å². The highest BCUT2D eigenvalue weighted by Gasteiger charge is 2.37. The second-order valence-electron chi connectivity index (χ2n) is 8.72. The molecule has 1 saturated carbocycles. The molecule has 1 aromatic carbocycles. The molecule has 0 radical (unpaired) electrons. The fourth-order valence-corrected chi connectivity index (χ4v) is 5.87. The second kappa shape index (κ2) is 7.86. The Morgan fingerprint density at radius 3 is 2.81 bits per heavy atom. The van der Waals surface area contributed by atoms with Gasteiger partial charge in [-0.25, -0.2) is 4.98 Å². The van der Waals surface area contributed by atoms with Gasteiger partial charge in [-0.1, -0.05) is 6.07 Å². The number of aryl methyl sites for hydroxylation is 1. The van der Waals surface area contributed by atoms with Gasteiger partial charge in [0.1, 0.15) is 9.71 Å². The molecule has 6 nitrogen and oxygen atoms in total. The van der Waals surface area contributed by atoms with Crippen molar-refractivity contribution in [2.45, 2.75) is 26.2 Å². The van der Waals surface area contributed by atoms with Crippen molar-refractivity contribution in [3.05, 3.63) is 52.0 Å². The fourth-order valence-electron chi connectivity index (χ4n) is 4.81. The monoisotopic (exact) mass is 431 g/mol. The van der Waals surface area contributed by atoms with Crippen molar-refractivity contribution in [2.24, 2.45) is 11.8 Å². The molecule has 3 fully saturated rings. The Balaban J connectivity index is 1.24. The lowest BCUT2D eigenvalue weighted by Crippen LogP contribution is -2.48. The first-order valence-corrected chi connectivity index (χ1v) is 11.5. The van der Waals surface area contributed by atoms with Crippen molar-refractivity contribution in [2.75, 3.05) is 30.3 Å². The van der Waals surface area contributed by atoms with E-state index in [1.807, 2.05) is 31.2 Å². The Morgan fingerprint density at radius 2 is 2.06 bits per heavy atom. The molecule has 31 heavy (non-hydrogen) atoms. The molecule has 1 amide bonds. The maximum Gasteiger partial charge on any atom is 0.263 e. The summed E-state index contributed by atoms with van der Waals surface area (Å²) in [5.41, 5.74) is 10.3. The van der Waals surface area contributed by atoms with Gasteiger partial charge in [0, 0.05) is 36.4 Å². The van der Waals surface area contributed by atoms with Crippen molar-refractivity contribution < 1.29 is 4.79 Å². The van der Waals surface area contributed by atoms with E-state index in [9.17, 15) is 10.1 Å². The number of piperidine rings is 2. The van der Waals surface area contributed by atoms with Crippen molar-refractivity contribution in [1.29, 1.82) is 5.26 Å². The number of anilines is 2. The average Bonchev–Trinajstić information content (AvgIpc) is 3.09. The third-order valence-corrected chi connectivity index (χ3v) is 7.60. The number of aromatic nitrogens is 1. The molecule has 2 aliphatic heterocycles. The number of fused-ring (bicyclic) bond motifs is 3. The van der Waals surface area contributed by atoms with Crippen molar-refractivity contribution in [1.82, 2.24) is 10.3 Å². The topological polar surface area (TPSA) is 95.0 Å².